The third kappa shape index (κ3) is 8.59. The molecule has 0 aliphatic rings. The summed E-state index contributed by atoms with van der Waals surface area (Å²) in [4.78, 5) is 17.2. The van der Waals surface area contributed by atoms with E-state index in [-0.39, 0.29) is 42.1 Å². The van der Waals surface area contributed by atoms with Gasteiger partial charge < -0.3 is 19.9 Å². The van der Waals surface area contributed by atoms with Gasteiger partial charge in [0.15, 0.2) is 0 Å². The number of nitrogens with zero attached hydrogens (tertiary/aromatic N) is 8. The van der Waals surface area contributed by atoms with Crippen LogP contribution >= 0.6 is 0 Å². The third-order valence-electron chi connectivity index (χ3n) is 7.30. The number of hydrogen-bond donors (Lipinski definition) is 0. The second-order valence-electron chi connectivity index (χ2n) is 10.4. The summed E-state index contributed by atoms with van der Waals surface area (Å²) >= 11 is 0. The monoisotopic (exact) mass is 1010 g/mol. The molecule has 0 N–H and O–H groups in total. The summed E-state index contributed by atoms with van der Waals surface area (Å²) in [6.07, 6.45) is 10.8. The molecule has 0 radical (unpaired) electrons. The Balaban J connectivity index is 0.000000128. The van der Waals surface area contributed by atoms with E-state index in [9.17, 15) is 0 Å². The Labute approximate surface area is 317 Å². The van der Waals surface area contributed by atoms with Gasteiger partial charge >= 0.3 is 42.1 Å². The van der Waals surface area contributed by atoms with Crippen LogP contribution in [-0.2, 0) is 42.1 Å². The van der Waals surface area contributed by atoms with Crippen molar-refractivity contribution in [2.45, 2.75) is 0 Å². The number of pyridine rings is 2. The average Bonchev–Trinajstić information content (AvgIpc) is 4.00. The quantitative estimate of drug-likeness (QED) is 0.163. The van der Waals surface area contributed by atoms with Crippen molar-refractivity contribution in [3.8, 4) is 11.4 Å². The molecule has 50 heavy (non-hydrogen) atoms. The Bertz CT molecular complexity index is 2180. The molecule has 248 valence electrons. The van der Waals surface area contributed by atoms with Gasteiger partial charge in [-0.25, -0.2) is 0 Å². The molecule has 0 saturated heterocycles. The maximum atomic E-state index is 4.40. The van der Waals surface area contributed by atoms with E-state index in [1.165, 1.54) is 10.8 Å². The summed E-state index contributed by atoms with van der Waals surface area (Å²) in [5, 5.41) is 12.8. The molecule has 8 nitrogen and oxygen atoms in total. The SMILES string of the molecule is [Pt+2].[Pt+2].[c-]1ccccc1-n1cccn1.[c-]1ccccc1-n1cccn1.c1ccc2c(c1)[n-]c1ncccc12.c1ccc2c(c1)[n-]c1ncccc12. The van der Waals surface area contributed by atoms with Crippen LogP contribution in [0.4, 0.5) is 0 Å². The van der Waals surface area contributed by atoms with Gasteiger partial charge in [-0.15, -0.1) is 12.1 Å². The van der Waals surface area contributed by atoms with E-state index in [0.29, 0.717) is 0 Å². The standard InChI is InChI=1S/2C11H7N2.2C9H7N2.2Pt/c2*1-2-6-10-8(4-1)9-5-3-7-12-11(9)13-10;2*1-2-5-9(6-3-1)11-8-4-7-10-11;;/h2*1-7H;2*1-5,7-8H;;/q4*-1;2*+2. The fourth-order valence-electron chi connectivity index (χ4n) is 5.09. The smallest absolute Gasteiger partial charge is 0.442 e. The Kier molecular flexibility index (Phi) is 12.8. The van der Waals surface area contributed by atoms with Crippen molar-refractivity contribution in [1.82, 2.24) is 39.5 Å². The van der Waals surface area contributed by atoms with E-state index >= 15 is 0 Å². The molecular formula is C40H28N8Pt2. The van der Waals surface area contributed by atoms with Crippen molar-refractivity contribution in [1.29, 1.82) is 0 Å². The van der Waals surface area contributed by atoms with Crippen molar-refractivity contribution >= 4 is 43.9 Å². The molecule has 4 aromatic carbocycles. The first-order chi connectivity index (χ1) is 23.8. The van der Waals surface area contributed by atoms with E-state index in [4.69, 9.17) is 0 Å². The predicted octanol–water partition coefficient (Wildman–Crippen LogP) is 8.03. The number of rotatable bonds is 2. The van der Waals surface area contributed by atoms with E-state index in [1.807, 2.05) is 122 Å². The summed E-state index contributed by atoms with van der Waals surface area (Å²) < 4.78 is 3.56. The Hall–Kier alpha value is -5.42. The minimum Gasteiger partial charge on any atom is -0.442 e. The molecule has 10 heteroatoms. The third-order valence-corrected chi connectivity index (χ3v) is 7.30. The molecule has 0 fully saturated rings. The summed E-state index contributed by atoms with van der Waals surface area (Å²) in [6.45, 7) is 0. The van der Waals surface area contributed by atoms with Crippen molar-refractivity contribution < 1.29 is 42.1 Å². The van der Waals surface area contributed by atoms with Gasteiger partial charge in [-0.1, -0.05) is 96.5 Å². The van der Waals surface area contributed by atoms with Gasteiger partial charge in [0.1, 0.15) is 0 Å². The maximum absolute atomic E-state index is 4.40. The van der Waals surface area contributed by atoms with E-state index in [2.05, 4.69) is 66.5 Å². The van der Waals surface area contributed by atoms with Gasteiger partial charge in [-0.2, -0.15) is 58.7 Å². The largest absolute Gasteiger partial charge is 2.00 e. The molecule has 0 amide bonds. The molecular weight excluding hydrogens is 983 g/mol. The van der Waals surface area contributed by atoms with Crippen LogP contribution in [0.15, 0.2) is 171 Å². The van der Waals surface area contributed by atoms with Crippen LogP contribution < -0.4 is 9.97 Å². The van der Waals surface area contributed by atoms with Gasteiger partial charge in [0, 0.05) is 24.8 Å². The second kappa shape index (κ2) is 17.8. The Morgan fingerprint density at radius 1 is 0.420 bits per heavy atom. The molecule has 10 rings (SSSR count). The first kappa shape index (κ1) is 35.9. The minimum absolute atomic E-state index is 0. The van der Waals surface area contributed by atoms with Crippen LogP contribution in [0, 0.1) is 12.1 Å². The van der Waals surface area contributed by atoms with Crippen LogP contribution in [0.1, 0.15) is 0 Å². The molecule has 0 unspecified atom stereocenters. The zero-order valence-corrected chi connectivity index (χ0v) is 30.9. The van der Waals surface area contributed by atoms with Gasteiger partial charge in [0.25, 0.3) is 0 Å². The molecule has 0 atom stereocenters. The second-order valence-corrected chi connectivity index (χ2v) is 10.4. The van der Waals surface area contributed by atoms with Gasteiger partial charge in [-0.3, -0.25) is 9.36 Å². The van der Waals surface area contributed by atoms with Crippen molar-refractivity contribution in [3.05, 3.63) is 183 Å². The van der Waals surface area contributed by atoms with Crippen molar-refractivity contribution in [3.63, 3.8) is 0 Å². The number of aromatic nitrogens is 8. The zero-order valence-electron chi connectivity index (χ0n) is 26.4. The van der Waals surface area contributed by atoms with Crippen LogP contribution in [0.25, 0.3) is 55.2 Å². The molecule has 0 aliphatic carbocycles. The van der Waals surface area contributed by atoms with Gasteiger partial charge in [-0.05, 0) is 56.1 Å². The fraction of sp³-hybridized carbons (Fsp3) is 0. The minimum atomic E-state index is 0. The Morgan fingerprint density at radius 3 is 1.24 bits per heavy atom. The topological polar surface area (TPSA) is 89.6 Å². The molecule has 0 spiro atoms. The molecule has 0 aliphatic heterocycles. The van der Waals surface area contributed by atoms with Crippen LogP contribution in [0.3, 0.4) is 0 Å². The van der Waals surface area contributed by atoms with Crippen molar-refractivity contribution in [2.24, 2.45) is 0 Å². The van der Waals surface area contributed by atoms with E-state index < -0.39 is 0 Å². The van der Waals surface area contributed by atoms with Crippen LogP contribution in [-0.4, -0.2) is 29.5 Å². The summed E-state index contributed by atoms with van der Waals surface area (Å²) in [7, 11) is 0. The zero-order chi connectivity index (χ0) is 32.4. The van der Waals surface area contributed by atoms with Crippen molar-refractivity contribution in [2.75, 3.05) is 0 Å². The number of hydrogen-bond acceptors (Lipinski definition) is 4. The van der Waals surface area contributed by atoms with E-state index in [1.54, 1.807) is 34.2 Å². The fourth-order valence-corrected chi connectivity index (χ4v) is 5.09. The first-order valence-corrected chi connectivity index (χ1v) is 15.3. The Morgan fingerprint density at radius 2 is 0.840 bits per heavy atom. The molecule has 6 heterocycles. The normalized spacial score (nSPS) is 10.1. The molecule has 10 aromatic rings. The summed E-state index contributed by atoms with van der Waals surface area (Å²) in [5.41, 5.74) is 5.66. The number of benzene rings is 4. The molecule has 6 aromatic heterocycles. The van der Waals surface area contributed by atoms with E-state index in [0.717, 1.165) is 44.5 Å². The maximum Gasteiger partial charge on any atom is 2.00 e. The van der Waals surface area contributed by atoms with Crippen LogP contribution in [0.5, 0.6) is 0 Å². The first-order valence-electron chi connectivity index (χ1n) is 15.3. The molecule has 0 saturated carbocycles. The number of fused-ring (bicyclic) bond motifs is 6. The summed E-state index contributed by atoms with van der Waals surface area (Å²) in [6, 6.07) is 49.6. The average molecular weight is 1010 g/mol. The van der Waals surface area contributed by atoms with Crippen LogP contribution in [0.2, 0.25) is 0 Å². The van der Waals surface area contributed by atoms with Gasteiger partial charge in [0.2, 0.25) is 0 Å². The molecule has 0 bridgehead atoms. The predicted molar refractivity (Wildman–Crippen MR) is 190 cm³/mol. The number of para-hydroxylation sites is 4. The van der Waals surface area contributed by atoms with Gasteiger partial charge in [0.05, 0.1) is 0 Å². The summed E-state index contributed by atoms with van der Waals surface area (Å²) in [5.74, 6) is 0.